The number of nitrogens with two attached hydrogens (primary N) is 1. The maximum absolute atomic E-state index is 12.7. The van der Waals surface area contributed by atoms with Crippen LogP contribution in [0.25, 0.3) is 0 Å². The van der Waals surface area contributed by atoms with Crippen molar-refractivity contribution in [1.82, 2.24) is 9.71 Å². The maximum atomic E-state index is 12.7. The number of aryl methyl sites for hydroxylation is 1. The lowest BCUT2D eigenvalue weighted by molar-refractivity contribution is 0.549. The average Bonchev–Trinajstić information content (AvgIpc) is 2.94. The molecule has 1 unspecified atom stereocenters. The molecule has 114 valence electrons. The lowest BCUT2D eigenvalue weighted by Crippen LogP contribution is -2.29. The Balaban J connectivity index is 2.41. The normalized spacial score (nSPS) is 13.3. The van der Waals surface area contributed by atoms with Crippen LogP contribution in [0.5, 0.6) is 0 Å². The fourth-order valence-corrected chi connectivity index (χ4v) is 4.69. The molecule has 2 rings (SSSR count). The molecule has 0 fully saturated rings. The zero-order chi connectivity index (χ0) is 15.6. The van der Waals surface area contributed by atoms with Crippen molar-refractivity contribution in [3.8, 4) is 0 Å². The van der Waals surface area contributed by atoms with E-state index >= 15 is 0 Å². The predicted molar refractivity (Wildman–Crippen MR) is 85.8 cm³/mol. The minimum absolute atomic E-state index is 0.164. The Labute approximate surface area is 129 Å². The summed E-state index contributed by atoms with van der Waals surface area (Å²) >= 11 is 1.43. The van der Waals surface area contributed by atoms with Gasteiger partial charge in [0.2, 0.25) is 10.0 Å². The highest BCUT2D eigenvalue weighted by Gasteiger charge is 2.25. The number of anilines is 1. The number of rotatable bonds is 5. The molecular weight excluding hydrogens is 306 g/mol. The third kappa shape index (κ3) is 3.25. The molecule has 0 aliphatic rings. The Morgan fingerprint density at radius 1 is 1.38 bits per heavy atom. The first-order valence-electron chi connectivity index (χ1n) is 6.64. The van der Waals surface area contributed by atoms with Gasteiger partial charge in [-0.15, -0.1) is 11.3 Å². The van der Waals surface area contributed by atoms with Crippen LogP contribution in [0, 0.1) is 13.8 Å². The van der Waals surface area contributed by atoms with Gasteiger partial charge in [-0.3, -0.25) is 0 Å². The van der Waals surface area contributed by atoms with Crippen molar-refractivity contribution in [2.24, 2.45) is 0 Å². The van der Waals surface area contributed by atoms with Crippen LogP contribution in [-0.4, -0.2) is 13.4 Å². The molecule has 0 spiro atoms. The molecule has 0 radical (unpaired) electrons. The molecule has 0 bridgehead atoms. The topological polar surface area (TPSA) is 85.1 Å². The number of hydrogen-bond donors (Lipinski definition) is 2. The summed E-state index contributed by atoms with van der Waals surface area (Å²) in [6.45, 7) is 5.55. The van der Waals surface area contributed by atoms with Crippen molar-refractivity contribution in [3.05, 3.63) is 39.8 Å². The number of nitrogens with zero attached hydrogens (tertiary/aromatic N) is 1. The SMILES string of the molecule is CCC(NS(=O)(=O)c1c(N)ccc(C)c1C)c1nccs1. The molecule has 2 aromatic rings. The van der Waals surface area contributed by atoms with Crippen molar-refractivity contribution in [1.29, 1.82) is 0 Å². The van der Waals surface area contributed by atoms with Crippen molar-refractivity contribution in [3.63, 3.8) is 0 Å². The number of sulfonamides is 1. The summed E-state index contributed by atoms with van der Waals surface area (Å²) in [6.07, 6.45) is 2.29. The number of benzene rings is 1. The molecule has 0 aliphatic heterocycles. The van der Waals surface area contributed by atoms with Gasteiger partial charge in [-0.2, -0.15) is 0 Å². The third-order valence-electron chi connectivity index (χ3n) is 3.43. The van der Waals surface area contributed by atoms with Gasteiger partial charge < -0.3 is 5.73 Å². The molecule has 0 saturated carbocycles. The maximum Gasteiger partial charge on any atom is 0.243 e. The molecule has 1 aromatic heterocycles. The molecule has 0 aliphatic carbocycles. The highest BCUT2D eigenvalue weighted by atomic mass is 32.2. The van der Waals surface area contributed by atoms with E-state index in [2.05, 4.69) is 9.71 Å². The summed E-state index contributed by atoms with van der Waals surface area (Å²) < 4.78 is 28.1. The van der Waals surface area contributed by atoms with Gasteiger partial charge in [-0.1, -0.05) is 13.0 Å². The highest BCUT2D eigenvalue weighted by molar-refractivity contribution is 7.89. The van der Waals surface area contributed by atoms with Gasteiger partial charge in [0.1, 0.15) is 9.90 Å². The van der Waals surface area contributed by atoms with E-state index < -0.39 is 10.0 Å². The first-order chi connectivity index (χ1) is 9.86. The Kier molecular flexibility index (Phi) is 4.65. The van der Waals surface area contributed by atoms with Crippen LogP contribution in [0.4, 0.5) is 5.69 Å². The second-order valence-electron chi connectivity index (χ2n) is 4.88. The van der Waals surface area contributed by atoms with Crippen molar-refractivity contribution < 1.29 is 8.42 Å². The van der Waals surface area contributed by atoms with Crippen LogP contribution < -0.4 is 10.5 Å². The van der Waals surface area contributed by atoms with Gasteiger partial charge in [0, 0.05) is 11.6 Å². The summed E-state index contributed by atoms with van der Waals surface area (Å²) in [5, 5.41) is 2.59. The molecular formula is C14H19N3O2S2. The van der Waals surface area contributed by atoms with Gasteiger partial charge in [0.15, 0.2) is 0 Å². The smallest absolute Gasteiger partial charge is 0.243 e. The Morgan fingerprint density at radius 3 is 2.67 bits per heavy atom. The minimum Gasteiger partial charge on any atom is -0.398 e. The van der Waals surface area contributed by atoms with Gasteiger partial charge in [-0.05, 0) is 37.5 Å². The van der Waals surface area contributed by atoms with E-state index in [1.807, 2.05) is 25.3 Å². The molecule has 0 saturated heterocycles. The molecule has 21 heavy (non-hydrogen) atoms. The molecule has 3 N–H and O–H groups in total. The number of hydrogen-bond acceptors (Lipinski definition) is 5. The largest absolute Gasteiger partial charge is 0.398 e. The van der Waals surface area contributed by atoms with E-state index in [1.165, 1.54) is 11.3 Å². The number of thiazole rings is 1. The van der Waals surface area contributed by atoms with Gasteiger partial charge in [-0.25, -0.2) is 18.1 Å². The monoisotopic (exact) mass is 325 g/mol. The van der Waals surface area contributed by atoms with Gasteiger partial charge >= 0.3 is 0 Å². The van der Waals surface area contributed by atoms with Crippen LogP contribution >= 0.6 is 11.3 Å². The summed E-state index contributed by atoms with van der Waals surface area (Å²) in [4.78, 5) is 4.35. The lowest BCUT2D eigenvalue weighted by atomic mass is 10.1. The standard InChI is InChI=1S/C14H19N3O2S2/c1-4-12(14-16-7-8-20-14)17-21(18,19)13-10(3)9(2)5-6-11(13)15/h5-8,12,17H,4,15H2,1-3H3. The average molecular weight is 325 g/mol. The van der Waals surface area contributed by atoms with Crippen LogP contribution in [-0.2, 0) is 10.0 Å². The number of nitrogens with one attached hydrogen (secondary N) is 1. The third-order valence-corrected chi connectivity index (χ3v) is 5.99. The molecule has 1 atom stereocenters. The number of aromatic nitrogens is 1. The Morgan fingerprint density at radius 2 is 2.10 bits per heavy atom. The minimum atomic E-state index is -3.69. The van der Waals surface area contributed by atoms with Crippen LogP contribution in [0.1, 0.15) is 35.5 Å². The molecule has 5 nitrogen and oxygen atoms in total. The van der Waals surface area contributed by atoms with Gasteiger partial charge in [0.25, 0.3) is 0 Å². The molecule has 0 amide bonds. The summed E-state index contributed by atoms with van der Waals surface area (Å²) in [6, 6.07) is 3.11. The first kappa shape index (κ1) is 15.9. The van der Waals surface area contributed by atoms with Crippen LogP contribution in [0.2, 0.25) is 0 Å². The van der Waals surface area contributed by atoms with E-state index in [0.29, 0.717) is 12.0 Å². The molecule has 7 heteroatoms. The Bertz CT molecular complexity index is 725. The summed E-state index contributed by atoms with van der Waals surface area (Å²) in [7, 11) is -3.69. The summed E-state index contributed by atoms with van der Waals surface area (Å²) in [5.74, 6) is 0. The fourth-order valence-electron chi connectivity index (χ4n) is 2.13. The second kappa shape index (κ2) is 6.13. The second-order valence-corrected chi connectivity index (χ2v) is 7.46. The molecule has 1 aromatic carbocycles. The first-order valence-corrected chi connectivity index (χ1v) is 9.00. The Hall–Kier alpha value is -1.44. The van der Waals surface area contributed by atoms with Crippen molar-refractivity contribution in [2.45, 2.75) is 38.1 Å². The van der Waals surface area contributed by atoms with E-state index in [0.717, 1.165) is 10.6 Å². The zero-order valence-corrected chi connectivity index (χ0v) is 13.9. The summed E-state index contributed by atoms with van der Waals surface area (Å²) in [5.41, 5.74) is 7.72. The highest BCUT2D eigenvalue weighted by Crippen LogP contribution is 2.28. The quantitative estimate of drug-likeness (QED) is 0.828. The van der Waals surface area contributed by atoms with E-state index in [9.17, 15) is 8.42 Å². The predicted octanol–water partition coefficient (Wildman–Crippen LogP) is 2.77. The van der Waals surface area contributed by atoms with Crippen LogP contribution in [0.3, 0.4) is 0 Å². The van der Waals surface area contributed by atoms with Crippen molar-refractivity contribution >= 4 is 27.0 Å². The molecule has 1 heterocycles. The lowest BCUT2D eigenvalue weighted by Gasteiger charge is -2.18. The van der Waals surface area contributed by atoms with Crippen LogP contribution in [0.15, 0.2) is 28.6 Å². The number of nitrogen functional groups attached to an aromatic ring is 1. The van der Waals surface area contributed by atoms with E-state index in [4.69, 9.17) is 5.73 Å². The van der Waals surface area contributed by atoms with E-state index in [1.54, 1.807) is 19.2 Å². The van der Waals surface area contributed by atoms with Gasteiger partial charge in [0.05, 0.1) is 11.7 Å². The van der Waals surface area contributed by atoms with Crippen molar-refractivity contribution in [2.75, 3.05) is 5.73 Å². The van der Waals surface area contributed by atoms with E-state index in [-0.39, 0.29) is 16.6 Å². The zero-order valence-electron chi connectivity index (χ0n) is 12.3. The fraction of sp³-hybridized carbons (Fsp3) is 0.357.